The zero-order valence-electron chi connectivity index (χ0n) is 18.9. The second kappa shape index (κ2) is 11.9. The van der Waals surface area contributed by atoms with Crippen molar-refractivity contribution in [1.82, 2.24) is 10.2 Å². The van der Waals surface area contributed by atoms with E-state index in [-0.39, 0.29) is 24.8 Å². The molecule has 0 aliphatic rings. The van der Waals surface area contributed by atoms with E-state index in [0.717, 1.165) is 16.7 Å². The second-order valence-corrected chi connectivity index (χ2v) is 8.74. The Labute approximate surface area is 205 Å². The average Bonchev–Trinajstić information content (AvgIpc) is 2.80. The van der Waals surface area contributed by atoms with Crippen LogP contribution < -0.4 is 5.32 Å². The Morgan fingerprint density at radius 2 is 1.55 bits per heavy atom. The van der Waals surface area contributed by atoms with Crippen molar-refractivity contribution in [3.05, 3.63) is 105 Å². The fourth-order valence-corrected chi connectivity index (χ4v) is 4.29. The Kier molecular flexibility index (Phi) is 8.93. The number of hydrogen-bond acceptors (Lipinski definition) is 2. The van der Waals surface area contributed by atoms with Gasteiger partial charge in [0.2, 0.25) is 11.8 Å². The number of hydrogen-bond donors (Lipinski definition) is 1. The van der Waals surface area contributed by atoms with E-state index < -0.39 is 6.04 Å². The third kappa shape index (κ3) is 6.59. The van der Waals surface area contributed by atoms with Gasteiger partial charge in [-0.25, -0.2) is 0 Å². The minimum atomic E-state index is -0.712. The van der Waals surface area contributed by atoms with E-state index in [1.54, 1.807) is 23.1 Å². The summed E-state index contributed by atoms with van der Waals surface area (Å²) in [4.78, 5) is 28.5. The molecule has 33 heavy (non-hydrogen) atoms. The maximum Gasteiger partial charge on any atom is 0.243 e. The van der Waals surface area contributed by atoms with Gasteiger partial charge in [0.25, 0.3) is 0 Å². The van der Waals surface area contributed by atoms with Crippen LogP contribution in [0.4, 0.5) is 0 Å². The lowest BCUT2D eigenvalue weighted by molar-refractivity contribution is -0.140. The van der Waals surface area contributed by atoms with Crippen LogP contribution in [0.3, 0.4) is 0 Å². The van der Waals surface area contributed by atoms with Crippen LogP contribution in [0.2, 0.25) is 10.0 Å². The minimum absolute atomic E-state index is 0.137. The summed E-state index contributed by atoms with van der Waals surface area (Å²) in [7, 11) is 0. The maximum atomic E-state index is 13.7. The van der Waals surface area contributed by atoms with Gasteiger partial charge in [-0.3, -0.25) is 9.59 Å². The van der Waals surface area contributed by atoms with Gasteiger partial charge in [-0.15, -0.1) is 0 Å². The largest absolute Gasteiger partial charge is 0.355 e. The molecule has 6 heteroatoms. The van der Waals surface area contributed by atoms with Crippen LogP contribution in [-0.2, 0) is 29.0 Å². The highest BCUT2D eigenvalue weighted by Crippen LogP contribution is 2.27. The molecule has 1 atom stereocenters. The molecule has 1 unspecified atom stereocenters. The summed E-state index contributed by atoms with van der Waals surface area (Å²) in [5, 5.41) is 3.82. The van der Waals surface area contributed by atoms with Gasteiger partial charge in [-0.2, -0.15) is 0 Å². The van der Waals surface area contributed by atoms with Gasteiger partial charge in [0, 0.05) is 35.1 Å². The normalized spacial score (nSPS) is 11.6. The lowest BCUT2D eigenvalue weighted by atomic mass is 10.00. The third-order valence-corrected chi connectivity index (χ3v) is 6.32. The molecule has 0 aromatic heterocycles. The highest BCUT2D eigenvalue weighted by molar-refractivity contribution is 6.36. The molecule has 3 rings (SSSR count). The Balaban J connectivity index is 2.02. The molecule has 0 saturated heterocycles. The van der Waals surface area contributed by atoms with E-state index in [1.807, 2.05) is 68.4 Å². The molecule has 0 heterocycles. The van der Waals surface area contributed by atoms with Crippen LogP contribution in [0, 0.1) is 6.92 Å². The molecule has 172 valence electrons. The summed E-state index contributed by atoms with van der Waals surface area (Å²) >= 11 is 12.9. The first kappa shape index (κ1) is 24.8. The highest BCUT2D eigenvalue weighted by atomic mass is 35.5. The molecule has 0 aliphatic heterocycles. The number of carbonyl (C=O) groups is 2. The number of rotatable bonds is 9. The molecule has 0 fully saturated rings. The Morgan fingerprint density at radius 1 is 0.909 bits per heavy atom. The molecule has 3 aromatic rings. The van der Waals surface area contributed by atoms with Gasteiger partial charge in [0.15, 0.2) is 0 Å². The van der Waals surface area contributed by atoms with Crippen molar-refractivity contribution >= 4 is 35.0 Å². The van der Waals surface area contributed by atoms with Crippen LogP contribution in [0.1, 0.15) is 29.2 Å². The SMILES string of the molecule is CCNC(=O)C(Cc1ccccc1)N(Cc1c(Cl)cccc1Cl)C(=O)Cc1ccccc1C. The predicted octanol–water partition coefficient (Wildman–Crippen LogP) is 5.62. The van der Waals surface area contributed by atoms with Crippen molar-refractivity contribution in [2.75, 3.05) is 6.54 Å². The average molecular weight is 483 g/mol. The molecular formula is C27H28Cl2N2O2. The van der Waals surface area contributed by atoms with Gasteiger partial charge in [0.05, 0.1) is 6.42 Å². The first-order valence-electron chi connectivity index (χ1n) is 11.0. The molecular weight excluding hydrogens is 455 g/mol. The number of benzene rings is 3. The van der Waals surface area contributed by atoms with Crippen molar-refractivity contribution < 1.29 is 9.59 Å². The van der Waals surface area contributed by atoms with Crippen molar-refractivity contribution in [2.45, 2.75) is 39.3 Å². The van der Waals surface area contributed by atoms with Crippen molar-refractivity contribution in [1.29, 1.82) is 0 Å². The lowest BCUT2D eigenvalue weighted by Crippen LogP contribution is -2.51. The van der Waals surface area contributed by atoms with Gasteiger partial charge in [-0.05, 0) is 42.7 Å². The fourth-order valence-electron chi connectivity index (χ4n) is 3.77. The Hall–Kier alpha value is -2.82. The number of aryl methyl sites for hydroxylation is 1. The predicted molar refractivity (Wildman–Crippen MR) is 135 cm³/mol. The van der Waals surface area contributed by atoms with E-state index in [4.69, 9.17) is 23.2 Å². The second-order valence-electron chi connectivity index (χ2n) is 7.93. The number of nitrogens with one attached hydrogen (secondary N) is 1. The molecule has 3 aromatic carbocycles. The van der Waals surface area contributed by atoms with Crippen molar-refractivity contribution in [2.24, 2.45) is 0 Å². The lowest BCUT2D eigenvalue weighted by Gasteiger charge is -2.32. The van der Waals surface area contributed by atoms with Crippen molar-refractivity contribution in [3.63, 3.8) is 0 Å². The molecule has 0 aliphatic carbocycles. The summed E-state index contributed by atoms with van der Waals surface area (Å²) < 4.78 is 0. The summed E-state index contributed by atoms with van der Waals surface area (Å²) in [5.41, 5.74) is 3.54. The zero-order valence-corrected chi connectivity index (χ0v) is 20.4. The molecule has 4 nitrogen and oxygen atoms in total. The quantitative estimate of drug-likeness (QED) is 0.430. The Morgan fingerprint density at radius 3 is 2.18 bits per heavy atom. The van der Waals surface area contributed by atoms with Gasteiger partial charge < -0.3 is 10.2 Å². The standard InChI is InChI=1S/C27H28Cl2N2O2/c1-3-30-27(33)25(16-20-11-5-4-6-12-20)31(18-22-23(28)14-9-15-24(22)29)26(32)17-21-13-8-7-10-19(21)2/h4-15,25H,3,16-18H2,1-2H3,(H,30,33). The number of carbonyl (C=O) groups excluding carboxylic acids is 2. The van der Waals surface area contributed by atoms with E-state index in [0.29, 0.717) is 28.6 Å². The smallest absolute Gasteiger partial charge is 0.243 e. The van der Waals surface area contributed by atoms with Gasteiger partial charge in [0.1, 0.15) is 6.04 Å². The number of amides is 2. The molecule has 0 radical (unpaired) electrons. The fraction of sp³-hybridized carbons (Fsp3) is 0.259. The van der Waals surface area contributed by atoms with E-state index in [9.17, 15) is 9.59 Å². The molecule has 0 spiro atoms. The van der Waals surface area contributed by atoms with E-state index >= 15 is 0 Å². The first-order chi connectivity index (χ1) is 15.9. The summed E-state index contributed by atoms with van der Waals surface area (Å²) in [6, 6.07) is 22.0. The maximum absolute atomic E-state index is 13.7. The third-order valence-electron chi connectivity index (χ3n) is 5.62. The molecule has 2 amide bonds. The minimum Gasteiger partial charge on any atom is -0.355 e. The highest BCUT2D eigenvalue weighted by Gasteiger charge is 2.31. The molecule has 1 N–H and O–H groups in total. The van der Waals surface area contributed by atoms with E-state index in [2.05, 4.69) is 5.32 Å². The first-order valence-corrected chi connectivity index (χ1v) is 11.7. The summed E-state index contributed by atoms with van der Waals surface area (Å²) in [6.07, 6.45) is 0.563. The van der Waals surface area contributed by atoms with Crippen LogP contribution in [0.15, 0.2) is 72.8 Å². The molecule has 0 bridgehead atoms. The molecule has 0 saturated carbocycles. The van der Waals surface area contributed by atoms with Crippen molar-refractivity contribution in [3.8, 4) is 0 Å². The van der Waals surface area contributed by atoms with Gasteiger partial charge in [-0.1, -0.05) is 83.9 Å². The Bertz CT molecular complexity index is 1080. The number of nitrogens with zero attached hydrogens (tertiary/aromatic N) is 1. The van der Waals surface area contributed by atoms with Crippen LogP contribution in [-0.4, -0.2) is 29.3 Å². The summed E-state index contributed by atoms with van der Waals surface area (Å²) in [5.74, 6) is -0.366. The number of halogens is 2. The summed E-state index contributed by atoms with van der Waals surface area (Å²) in [6.45, 7) is 4.44. The van der Waals surface area contributed by atoms with Crippen LogP contribution in [0.25, 0.3) is 0 Å². The topological polar surface area (TPSA) is 49.4 Å². The van der Waals surface area contributed by atoms with Crippen LogP contribution >= 0.6 is 23.2 Å². The number of likely N-dealkylation sites (N-methyl/N-ethyl adjacent to an activating group) is 1. The zero-order chi connectivity index (χ0) is 23.8. The van der Waals surface area contributed by atoms with E-state index in [1.165, 1.54) is 0 Å². The van der Waals surface area contributed by atoms with Gasteiger partial charge >= 0.3 is 0 Å². The van der Waals surface area contributed by atoms with Crippen LogP contribution in [0.5, 0.6) is 0 Å². The monoisotopic (exact) mass is 482 g/mol.